The standard InChI is InChI=1S/C13H12O9/c14-8-3-1-7(2-4-8)11(19)22-13(12(20)21,5-9(15)16)6-10(17)18/h1-4,14H,5-6H2,(H,15,16)(H,17,18)(H,20,21). The third-order valence-electron chi connectivity index (χ3n) is 2.65. The lowest BCUT2D eigenvalue weighted by Crippen LogP contribution is -2.47. The van der Waals surface area contributed by atoms with E-state index in [2.05, 4.69) is 4.74 Å². The molecule has 0 spiro atoms. The number of carboxylic acids is 3. The normalized spacial score (nSPS) is 10.7. The Bertz CT molecular complexity index is 586. The fraction of sp³-hybridized carbons (Fsp3) is 0.231. The molecule has 0 fully saturated rings. The van der Waals surface area contributed by atoms with Gasteiger partial charge in [-0.3, -0.25) is 9.59 Å². The maximum Gasteiger partial charge on any atom is 0.349 e. The highest BCUT2D eigenvalue weighted by atomic mass is 16.6. The number of carbonyl (C=O) groups is 4. The highest BCUT2D eigenvalue weighted by Gasteiger charge is 2.47. The summed E-state index contributed by atoms with van der Waals surface area (Å²) >= 11 is 0. The summed E-state index contributed by atoms with van der Waals surface area (Å²) in [4.78, 5) is 44.7. The van der Waals surface area contributed by atoms with E-state index in [9.17, 15) is 19.2 Å². The van der Waals surface area contributed by atoms with Gasteiger partial charge in [-0.05, 0) is 24.3 Å². The molecule has 0 saturated carbocycles. The van der Waals surface area contributed by atoms with Crippen molar-refractivity contribution < 1.29 is 44.3 Å². The zero-order valence-corrected chi connectivity index (χ0v) is 11.1. The van der Waals surface area contributed by atoms with Gasteiger partial charge in [0.05, 0.1) is 18.4 Å². The predicted molar refractivity (Wildman–Crippen MR) is 68.4 cm³/mol. The molecule has 22 heavy (non-hydrogen) atoms. The first-order valence-corrected chi connectivity index (χ1v) is 5.85. The van der Waals surface area contributed by atoms with E-state index in [1.165, 1.54) is 0 Å². The van der Waals surface area contributed by atoms with Gasteiger partial charge < -0.3 is 25.2 Å². The smallest absolute Gasteiger partial charge is 0.349 e. The van der Waals surface area contributed by atoms with E-state index in [1.54, 1.807) is 0 Å². The molecule has 0 aliphatic carbocycles. The molecule has 9 heteroatoms. The van der Waals surface area contributed by atoms with Gasteiger partial charge in [0.1, 0.15) is 5.75 Å². The molecule has 0 aliphatic heterocycles. The average Bonchev–Trinajstić information content (AvgIpc) is 2.37. The average molecular weight is 312 g/mol. The highest BCUT2D eigenvalue weighted by molar-refractivity contribution is 5.95. The number of hydrogen-bond donors (Lipinski definition) is 4. The topological polar surface area (TPSA) is 158 Å². The van der Waals surface area contributed by atoms with E-state index in [4.69, 9.17) is 20.4 Å². The summed E-state index contributed by atoms with van der Waals surface area (Å²) in [7, 11) is 0. The number of ether oxygens (including phenoxy) is 1. The quantitative estimate of drug-likeness (QED) is 0.520. The van der Waals surface area contributed by atoms with Crippen LogP contribution in [0.1, 0.15) is 23.2 Å². The number of benzene rings is 1. The Kier molecular flexibility index (Phi) is 5.06. The molecule has 1 aromatic rings. The van der Waals surface area contributed by atoms with Crippen LogP contribution in [0.3, 0.4) is 0 Å². The van der Waals surface area contributed by atoms with E-state index in [0.29, 0.717) is 0 Å². The van der Waals surface area contributed by atoms with Gasteiger partial charge in [0.15, 0.2) is 0 Å². The zero-order chi connectivity index (χ0) is 16.9. The van der Waals surface area contributed by atoms with Crippen LogP contribution in [0.5, 0.6) is 5.75 Å². The molecule has 0 saturated heterocycles. The van der Waals surface area contributed by atoms with Crippen molar-refractivity contribution >= 4 is 23.9 Å². The highest BCUT2D eigenvalue weighted by Crippen LogP contribution is 2.24. The molecule has 0 radical (unpaired) electrons. The summed E-state index contributed by atoms with van der Waals surface area (Å²) in [5, 5.41) is 35.7. The SMILES string of the molecule is O=C(O)CC(CC(=O)O)(OC(=O)c1ccc(O)cc1)C(=O)O. The van der Waals surface area contributed by atoms with Gasteiger partial charge in [-0.1, -0.05) is 0 Å². The van der Waals surface area contributed by atoms with Crippen molar-refractivity contribution in [3.8, 4) is 5.75 Å². The second kappa shape index (κ2) is 6.57. The van der Waals surface area contributed by atoms with Crippen LogP contribution in [0.2, 0.25) is 0 Å². The zero-order valence-electron chi connectivity index (χ0n) is 11.1. The summed E-state index contributed by atoms with van der Waals surface area (Å²) in [5.74, 6) is -6.53. The third kappa shape index (κ3) is 4.20. The second-order valence-electron chi connectivity index (χ2n) is 4.38. The molecule has 0 aliphatic rings. The summed E-state index contributed by atoms with van der Waals surface area (Å²) in [6, 6.07) is 4.50. The number of phenolic OH excluding ortho intramolecular Hbond substituents is 1. The molecule has 0 aromatic heterocycles. The molecule has 0 amide bonds. The lowest BCUT2D eigenvalue weighted by molar-refractivity contribution is -0.171. The van der Waals surface area contributed by atoms with Crippen LogP contribution >= 0.6 is 0 Å². The lowest BCUT2D eigenvalue weighted by atomic mass is 9.95. The fourth-order valence-corrected chi connectivity index (χ4v) is 1.65. The number of carbonyl (C=O) groups excluding carboxylic acids is 1. The Labute approximate surface area is 123 Å². The van der Waals surface area contributed by atoms with E-state index in [0.717, 1.165) is 24.3 Å². The Balaban J connectivity index is 3.12. The van der Waals surface area contributed by atoms with Gasteiger partial charge in [-0.2, -0.15) is 0 Å². The van der Waals surface area contributed by atoms with Crippen LogP contribution in [0.4, 0.5) is 0 Å². The third-order valence-corrected chi connectivity index (χ3v) is 2.65. The van der Waals surface area contributed by atoms with Crippen molar-refractivity contribution in [2.24, 2.45) is 0 Å². The minimum atomic E-state index is -2.73. The van der Waals surface area contributed by atoms with Crippen molar-refractivity contribution in [2.75, 3.05) is 0 Å². The van der Waals surface area contributed by atoms with Crippen LogP contribution in [0.25, 0.3) is 0 Å². The maximum absolute atomic E-state index is 11.9. The van der Waals surface area contributed by atoms with Crippen LogP contribution < -0.4 is 0 Å². The maximum atomic E-state index is 11.9. The number of hydrogen-bond acceptors (Lipinski definition) is 6. The Morgan fingerprint density at radius 3 is 1.73 bits per heavy atom. The molecule has 0 unspecified atom stereocenters. The van der Waals surface area contributed by atoms with Crippen LogP contribution in [0.15, 0.2) is 24.3 Å². The van der Waals surface area contributed by atoms with Crippen molar-refractivity contribution in [3.05, 3.63) is 29.8 Å². The molecule has 9 nitrogen and oxygen atoms in total. The largest absolute Gasteiger partial charge is 0.508 e. The number of esters is 1. The first-order chi connectivity index (χ1) is 10.2. The summed E-state index contributed by atoms with van der Waals surface area (Å²) in [6.45, 7) is 0. The van der Waals surface area contributed by atoms with E-state index in [-0.39, 0.29) is 11.3 Å². The van der Waals surface area contributed by atoms with Gasteiger partial charge in [0.25, 0.3) is 0 Å². The Hall–Kier alpha value is -3.10. The van der Waals surface area contributed by atoms with Gasteiger partial charge in [-0.15, -0.1) is 0 Å². The molecule has 4 N–H and O–H groups in total. The summed E-state index contributed by atoms with van der Waals surface area (Å²) in [5.41, 5.74) is -2.90. The number of carboxylic acid groups (broad SMARTS) is 3. The summed E-state index contributed by atoms with van der Waals surface area (Å²) < 4.78 is 4.67. The molecular weight excluding hydrogens is 300 g/mol. The molecule has 118 valence electrons. The van der Waals surface area contributed by atoms with Crippen molar-refractivity contribution in [1.29, 1.82) is 0 Å². The number of phenols is 1. The minimum absolute atomic E-state index is 0.155. The monoisotopic (exact) mass is 312 g/mol. The predicted octanol–water partition coefficient (Wildman–Crippen LogP) is 0.322. The molecule has 0 heterocycles. The summed E-state index contributed by atoms with van der Waals surface area (Å²) in [6.07, 6.45) is -2.42. The fourth-order valence-electron chi connectivity index (χ4n) is 1.65. The number of rotatable bonds is 7. The van der Waals surface area contributed by atoms with Gasteiger partial charge >= 0.3 is 23.9 Å². The molecular formula is C13H12O9. The van der Waals surface area contributed by atoms with Crippen molar-refractivity contribution in [1.82, 2.24) is 0 Å². The Morgan fingerprint density at radius 2 is 1.36 bits per heavy atom. The van der Waals surface area contributed by atoms with E-state index in [1.807, 2.05) is 0 Å². The van der Waals surface area contributed by atoms with E-state index < -0.39 is 42.3 Å². The molecule has 1 rings (SSSR count). The molecule has 0 bridgehead atoms. The van der Waals surface area contributed by atoms with Crippen molar-refractivity contribution in [2.45, 2.75) is 18.4 Å². The van der Waals surface area contributed by atoms with Crippen LogP contribution in [-0.4, -0.2) is 49.9 Å². The molecule has 1 aromatic carbocycles. The first kappa shape index (κ1) is 17.0. The van der Waals surface area contributed by atoms with Gasteiger partial charge in [0, 0.05) is 0 Å². The Morgan fingerprint density at radius 1 is 0.909 bits per heavy atom. The van der Waals surface area contributed by atoms with E-state index >= 15 is 0 Å². The van der Waals surface area contributed by atoms with Crippen LogP contribution in [0, 0.1) is 0 Å². The number of aliphatic carboxylic acids is 3. The number of aromatic hydroxyl groups is 1. The second-order valence-corrected chi connectivity index (χ2v) is 4.38. The van der Waals surface area contributed by atoms with Gasteiger partial charge in [-0.25, -0.2) is 9.59 Å². The van der Waals surface area contributed by atoms with Crippen LogP contribution in [-0.2, 0) is 19.1 Å². The minimum Gasteiger partial charge on any atom is -0.508 e. The van der Waals surface area contributed by atoms with Gasteiger partial charge in [0.2, 0.25) is 5.60 Å². The lowest BCUT2D eigenvalue weighted by Gasteiger charge is -2.26. The van der Waals surface area contributed by atoms with Crippen molar-refractivity contribution in [3.63, 3.8) is 0 Å². The first-order valence-electron chi connectivity index (χ1n) is 5.85. The molecule has 0 atom stereocenters.